The van der Waals surface area contributed by atoms with Gasteiger partial charge in [-0.2, -0.15) is 13.2 Å². The molecule has 0 bridgehead atoms. The first-order chi connectivity index (χ1) is 16.8. The molecule has 0 aliphatic heterocycles. The molecule has 0 saturated carbocycles. The summed E-state index contributed by atoms with van der Waals surface area (Å²) in [5.74, 6) is 1.13. The molecule has 0 unspecified atom stereocenters. The quantitative estimate of drug-likeness (QED) is 0.251. The number of benzene rings is 3. The summed E-state index contributed by atoms with van der Waals surface area (Å²) >= 11 is 0. The fraction of sp³-hybridized carbons (Fsp3) is 0.310. The van der Waals surface area contributed by atoms with E-state index in [0.717, 1.165) is 0 Å². The van der Waals surface area contributed by atoms with Crippen LogP contribution in [0.3, 0.4) is 0 Å². The van der Waals surface area contributed by atoms with Crippen LogP contribution in [-0.4, -0.2) is 19.1 Å². The molecule has 0 amide bonds. The van der Waals surface area contributed by atoms with Crippen LogP contribution in [0.25, 0.3) is 33.4 Å². The van der Waals surface area contributed by atoms with Gasteiger partial charge in [0.05, 0.1) is 33.4 Å². The van der Waals surface area contributed by atoms with Crippen molar-refractivity contribution >= 4 is 22.1 Å². The number of hydrogen-bond donors (Lipinski definition) is 0. The monoisotopic (exact) mass is 490 g/mol. The molecule has 0 aliphatic carbocycles. The highest BCUT2D eigenvalue weighted by Crippen LogP contribution is 2.43. The highest BCUT2D eigenvalue weighted by atomic mass is 19.4. The number of rotatable bonds is 2. The van der Waals surface area contributed by atoms with Crippen molar-refractivity contribution in [1.29, 1.82) is 0 Å². The molecule has 5 rings (SSSR count). The summed E-state index contributed by atoms with van der Waals surface area (Å²) in [7, 11) is 0. The van der Waals surface area contributed by atoms with Crippen molar-refractivity contribution in [3.63, 3.8) is 0 Å². The van der Waals surface area contributed by atoms with Crippen LogP contribution in [0.15, 0.2) is 66.7 Å². The van der Waals surface area contributed by atoms with Gasteiger partial charge in [-0.15, -0.1) is 0 Å². The van der Waals surface area contributed by atoms with Gasteiger partial charge in [0.1, 0.15) is 17.2 Å². The number of aromatic nitrogens is 4. The van der Waals surface area contributed by atoms with Crippen LogP contribution >= 0.6 is 0 Å². The van der Waals surface area contributed by atoms with Crippen molar-refractivity contribution in [3.8, 4) is 11.4 Å². The Morgan fingerprint density at radius 1 is 0.556 bits per heavy atom. The molecule has 186 valence electrons. The van der Waals surface area contributed by atoms with Gasteiger partial charge in [-0.1, -0.05) is 71.9 Å². The molecule has 0 atom stereocenters. The van der Waals surface area contributed by atoms with E-state index in [4.69, 9.17) is 9.97 Å². The Balaban J connectivity index is 1.95. The highest BCUT2D eigenvalue weighted by molar-refractivity contribution is 5.82. The van der Waals surface area contributed by atoms with Crippen molar-refractivity contribution < 1.29 is 13.2 Å². The Labute approximate surface area is 208 Å². The second-order valence-electron chi connectivity index (χ2n) is 11.2. The molecule has 0 fully saturated rings. The van der Waals surface area contributed by atoms with Crippen molar-refractivity contribution in [2.45, 2.75) is 58.5 Å². The van der Waals surface area contributed by atoms with Crippen molar-refractivity contribution in [2.24, 2.45) is 0 Å². The average Bonchev–Trinajstić information content (AvgIpc) is 3.37. The zero-order chi connectivity index (χ0) is 26.0. The van der Waals surface area contributed by atoms with Gasteiger partial charge < -0.3 is 0 Å². The molecule has 36 heavy (non-hydrogen) atoms. The largest absolute Gasteiger partial charge is 0.420 e. The standard InChI is InChI=1S/C29H29F3N4/c1-27(2,3)25-33-18-12-7-9-14-20(18)35(25)22-16-11-17-23(24(22)29(30,31)32)36-21-15-10-8-13-19(21)34-26(36)28(4,5)6/h7-17H,1-6H3. The first-order valence-corrected chi connectivity index (χ1v) is 12.0. The number of nitrogens with zero attached hydrogens (tertiary/aromatic N) is 4. The third-order valence-corrected chi connectivity index (χ3v) is 6.25. The number of hydrogen-bond acceptors (Lipinski definition) is 2. The molecule has 5 aromatic rings. The van der Waals surface area contributed by atoms with Crippen LogP contribution in [0.5, 0.6) is 0 Å². The van der Waals surface area contributed by atoms with Crippen molar-refractivity contribution in [2.75, 3.05) is 0 Å². The fourth-order valence-electron chi connectivity index (χ4n) is 4.74. The molecule has 0 aliphatic rings. The van der Waals surface area contributed by atoms with Crippen LogP contribution in [0.2, 0.25) is 0 Å². The van der Waals surface area contributed by atoms with Crippen LogP contribution in [0.1, 0.15) is 58.8 Å². The number of fused-ring (bicyclic) bond motifs is 2. The lowest BCUT2D eigenvalue weighted by molar-refractivity contribution is -0.137. The zero-order valence-corrected chi connectivity index (χ0v) is 21.3. The van der Waals surface area contributed by atoms with E-state index in [-0.39, 0.29) is 11.4 Å². The Bertz CT molecular complexity index is 1480. The van der Waals surface area contributed by atoms with Crippen molar-refractivity contribution in [1.82, 2.24) is 19.1 Å². The Morgan fingerprint density at radius 3 is 1.31 bits per heavy atom. The highest BCUT2D eigenvalue weighted by Gasteiger charge is 2.40. The van der Waals surface area contributed by atoms with Crippen LogP contribution in [0.4, 0.5) is 13.2 Å². The summed E-state index contributed by atoms with van der Waals surface area (Å²) in [5, 5.41) is 0. The van der Waals surface area contributed by atoms with Gasteiger partial charge in [0.25, 0.3) is 0 Å². The predicted octanol–water partition coefficient (Wildman–Crippen LogP) is 7.98. The third kappa shape index (κ3) is 3.87. The SMILES string of the molecule is CC(C)(C)c1nc2ccccc2n1-c1cccc(-n2c(C(C)(C)C)nc3ccccc32)c1C(F)(F)F. The fourth-order valence-corrected chi connectivity index (χ4v) is 4.74. The molecule has 2 heterocycles. The van der Waals surface area contributed by atoms with E-state index in [1.54, 1.807) is 15.2 Å². The van der Waals surface area contributed by atoms with E-state index in [1.807, 2.05) is 90.1 Å². The Kier molecular flexibility index (Phi) is 5.32. The normalized spacial score (nSPS) is 13.1. The van der Waals surface area contributed by atoms with Gasteiger partial charge in [0.2, 0.25) is 0 Å². The van der Waals surface area contributed by atoms with E-state index in [0.29, 0.717) is 33.7 Å². The Hall–Kier alpha value is -3.61. The molecule has 0 spiro atoms. The minimum Gasteiger partial charge on any atom is -0.295 e. The zero-order valence-electron chi connectivity index (χ0n) is 21.3. The molecule has 2 aromatic heterocycles. The molecule has 4 nitrogen and oxygen atoms in total. The van der Waals surface area contributed by atoms with E-state index in [2.05, 4.69) is 0 Å². The number of alkyl halides is 3. The third-order valence-electron chi connectivity index (χ3n) is 6.25. The number of imidazole rings is 2. The van der Waals surface area contributed by atoms with Crippen LogP contribution in [0, 0.1) is 0 Å². The maximum atomic E-state index is 15.1. The maximum Gasteiger partial charge on any atom is 0.420 e. The summed E-state index contributed by atoms with van der Waals surface area (Å²) < 4.78 is 48.6. The Morgan fingerprint density at radius 2 is 0.944 bits per heavy atom. The van der Waals surface area contributed by atoms with Gasteiger partial charge >= 0.3 is 6.18 Å². The molecule has 0 N–H and O–H groups in total. The van der Waals surface area contributed by atoms with Crippen molar-refractivity contribution in [3.05, 3.63) is 83.9 Å². The smallest absolute Gasteiger partial charge is 0.295 e. The molecular weight excluding hydrogens is 461 g/mol. The minimum absolute atomic E-state index is 0.0521. The summed E-state index contributed by atoms with van der Waals surface area (Å²) in [6.07, 6.45) is -4.63. The summed E-state index contributed by atoms with van der Waals surface area (Å²) in [4.78, 5) is 9.52. The van der Waals surface area contributed by atoms with E-state index >= 15 is 13.2 Å². The summed E-state index contributed by atoms with van der Waals surface area (Å²) in [5.41, 5.74) is 0.994. The molecule has 0 saturated heterocycles. The van der Waals surface area contributed by atoms with E-state index < -0.39 is 22.6 Å². The van der Waals surface area contributed by atoms with Gasteiger partial charge in [-0.3, -0.25) is 9.13 Å². The first-order valence-electron chi connectivity index (χ1n) is 12.0. The van der Waals surface area contributed by atoms with Gasteiger partial charge in [-0.05, 0) is 36.4 Å². The first kappa shape index (κ1) is 24.1. The lowest BCUT2D eigenvalue weighted by Gasteiger charge is -2.26. The number of para-hydroxylation sites is 4. The van der Waals surface area contributed by atoms with Gasteiger partial charge in [0.15, 0.2) is 0 Å². The molecule has 0 radical (unpaired) electrons. The lowest BCUT2D eigenvalue weighted by Crippen LogP contribution is -2.23. The summed E-state index contributed by atoms with van der Waals surface area (Å²) in [6.45, 7) is 11.8. The molecule has 3 aromatic carbocycles. The van der Waals surface area contributed by atoms with E-state index in [9.17, 15) is 0 Å². The van der Waals surface area contributed by atoms with Crippen LogP contribution < -0.4 is 0 Å². The second-order valence-corrected chi connectivity index (χ2v) is 11.2. The molecular formula is C29H29F3N4. The second kappa shape index (κ2) is 7.95. The maximum absolute atomic E-state index is 15.1. The lowest BCUT2D eigenvalue weighted by atomic mass is 9.94. The molecule has 7 heteroatoms. The summed E-state index contributed by atoms with van der Waals surface area (Å²) in [6, 6.07) is 19.4. The topological polar surface area (TPSA) is 35.6 Å². The minimum atomic E-state index is -4.63. The average molecular weight is 491 g/mol. The van der Waals surface area contributed by atoms with Gasteiger partial charge in [0, 0.05) is 10.8 Å². The van der Waals surface area contributed by atoms with E-state index in [1.165, 1.54) is 12.1 Å². The van der Waals surface area contributed by atoms with Crippen LogP contribution in [-0.2, 0) is 17.0 Å². The van der Waals surface area contributed by atoms with Gasteiger partial charge in [-0.25, -0.2) is 9.97 Å². The predicted molar refractivity (Wildman–Crippen MR) is 138 cm³/mol. The number of halogens is 3.